The molecule has 0 amide bonds. The van der Waals surface area contributed by atoms with Crippen LogP contribution in [0.2, 0.25) is 0 Å². The lowest BCUT2D eigenvalue weighted by molar-refractivity contribution is -0.311. The third-order valence-corrected chi connectivity index (χ3v) is 12.4. The highest BCUT2D eigenvalue weighted by atomic mass is 16.7. The lowest BCUT2D eigenvalue weighted by Crippen LogP contribution is -2.62. The number of aliphatic hydroxyl groups is 4. The molecule has 52 heavy (non-hydrogen) atoms. The highest BCUT2D eigenvalue weighted by Crippen LogP contribution is 2.39. The van der Waals surface area contributed by atoms with E-state index in [1.54, 1.807) is 27.9 Å². The lowest BCUT2D eigenvalue weighted by Gasteiger charge is -2.49. The zero-order chi connectivity index (χ0) is 39.7. The van der Waals surface area contributed by atoms with E-state index in [4.69, 9.17) is 34.2 Å². The SMILES string of the molecule is CC[C@H]1OC(=O)[C@H](C)C(OC2C[C@@](C)(OC)C(N)[C@H](C)O2)[C@H](C)C(OC2O[C@H](C)CC(N(C)C)C2O)[C@](C)(O)C[C@@H](C)N(C)C[C@H](C)C(O)[C@]1(C)O. The smallest absolute Gasteiger partial charge is 0.311 e. The molecule has 3 aliphatic heterocycles. The predicted octanol–water partition coefficient (Wildman–Crippen LogP) is 1.87. The van der Waals surface area contributed by atoms with Crippen LogP contribution in [0.25, 0.3) is 0 Å². The first kappa shape index (κ1) is 45.4. The number of methoxy groups -OCH3 is 1. The summed E-state index contributed by atoms with van der Waals surface area (Å²) in [5, 5.41) is 47.2. The molecular formula is C38H73N3O11. The zero-order valence-corrected chi connectivity index (χ0v) is 34.3. The van der Waals surface area contributed by atoms with Crippen molar-refractivity contribution in [2.24, 2.45) is 23.5 Å². The van der Waals surface area contributed by atoms with Gasteiger partial charge < -0.3 is 64.4 Å². The number of hydrogen-bond acceptors (Lipinski definition) is 14. The van der Waals surface area contributed by atoms with E-state index in [2.05, 4.69) is 0 Å². The van der Waals surface area contributed by atoms with Crippen LogP contribution in [0, 0.1) is 17.8 Å². The van der Waals surface area contributed by atoms with E-state index in [-0.39, 0.29) is 37.5 Å². The Morgan fingerprint density at radius 1 is 1.00 bits per heavy atom. The number of cyclic esters (lactones) is 1. The molecule has 0 aromatic carbocycles. The van der Waals surface area contributed by atoms with Gasteiger partial charge in [-0.15, -0.1) is 0 Å². The molecule has 0 spiro atoms. The van der Waals surface area contributed by atoms with Crippen LogP contribution in [-0.2, 0) is 33.2 Å². The van der Waals surface area contributed by atoms with E-state index < -0.39 is 95.8 Å². The Hall–Kier alpha value is -1.01. The average molecular weight is 748 g/mol. The van der Waals surface area contributed by atoms with Gasteiger partial charge in [0.15, 0.2) is 12.6 Å². The van der Waals surface area contributed by atoms with Gasteiger partial charge in [-0.1, -0.05) is 20.8 Å². The Balaban J connectivity index is 2.18. The lowest BCUT2D eigenvalue weighted by atomic mass is 9.78. The highest BCUT2D eigenvalue weighted by Gasteiger charge is 2.52. The largest absolute Gasteiger partial charge is 0.459 e. The second kappa shape index (κ2) is 17.8. The summed E-state index contributed by atoms with van der Waals surface area (Å²) in [4.78, 5) is 18.2. The maximum atomic E-state index is 14.2. The molecule has 306 valence electrons. The quantitative estimate of drug-likeness (QED) is 0.238. The minimum absolute atomic E-state index is 0.212. The number of nitrogens with two attached hydrogens (primary N) is 1. The highest BCUT2D eigenvalue weighted by molar-refractivity contribution is 5.73. The van der Waals surface area contributed by atoms with Crippen molar-refractivity contribution in [2.75, 3.05) is 34.8 Å². The number of aliphatic hydroxyl groups excluding tert-OH is 2. The fraction of sp³-hybridized carbons (Fsp3) is 0.974. The molecule has 3 fully saturated rings. The molecule has 3 heterocycles. The van der Waals surface area contributed by atoms with E-state index >= 15 is 0 Å². The molecule has 8 unspecified atom stereocenters. The van der Waals surface area contributed by atoms with Gasteiger partial charge in [-0.2, -0.15) is 0 Å². The summed E-state index contributed by atoms with van der Waals surface area (Å²) < 4.78 is 37.9. The molecule has 0 bridgehead atoms. The van der Waals surface area contributed by atoms with Crippen LogP contribution in [0.3, 0.4) is 0 Å². The zero-order valence-electron chi connectivity index (χ0n) is 34.3. The summed E-state index contributed by atoms with van der Waals surface area (Å²) in [7, 11) is 7.27. The summed E-state index contributed by atoms with van der Waals surface area (Å²) in [5.74, 6) is -2.78. The second-order valence-corrected chi connectivity index (χ2v) is 17.2. The molecule has 3 rings (SSSR count). The van der Waals surface area contributed by atoms with Crippen LogP contribution in [-0.4, -0.2) is 161 Å². The van der Waals surface area contributed by atoms with Crippen LogP contribution in [0.5, 0.6) is 0 Å². The van der Waals surface area contributed by atoms with Crippen LogP contribution in [0.15, 0.2) is 0 Å². The van der Waals surface area contributed by atoms with Crippen molar-refractivity contribution < 1.29 is 53.6 Å². The van der Waals surface area contributed by atoms with Gasteiger partial charge in [-0.3, -0.25) is 4.79 Å². The molecular weight excluding hydrogens is 674 g/mol. The van der Waals surface area contributed by atoms with Crippen LogP contribution < -0.4 is 5.73 Å². The Kier molecular flexibility index (Phi) is 15.6. The van der Waals surface area contributed by atoms with E-state index in [9.17, 15) is 25.2 Å². The van der Waals surface area contributed by atoms with E-state index in [0.29, 0.717) is 13.0 Å². The first-order chi connectivity index (χ1) is 23.9. The Bertz CT molecular complexity index is 1150. The Morgan fingerprint density at radius 3 is 2.17 bits per heavy atom. The van der Waals surface area contributed by atoms with E-state index in [1.807, 2.05) is 72.5 Å². The molecule has 3 saturated heterocycles. The van der Waals surface area contributed by atoms with E-state index in [0.717, 1.165) is 0 Å². The summed E-state index contributed by atoms with van der Waals surface area (Å²) in [6.45, 7) is 18.3. The minimum atomic E-state index is -1.76. The van der Waals surface area contributed by atoms with Gasteiger partial charge in [0, 0.05) is 38.1 Å². The van der Waals surface area contributed by atoms with Crippen molar-refractivity contribution in [3.63, 3.8) is 0 Å². The first-order valence-electron chi connectivity index (χ1n) is 19.2. The number of rotatable bonds is 7. The number of carbonyl (C=O) groups excluding carboxylic acids is 1. The summed E-state index contributed by atoms with van der Waals surface area (Å²) in [6, 6.07) is -0.938. The summed E-state index contributed by atoms with van der Waals surface area (Å²) in [5.41, 5.74) is 2.37. The maximum Gasteiger partial charge on any atom is 0.311 e. The number of ether oxygens (including phenoxy) is 6. The maximum absolute atomic E-state index is 14.2. The topological polar surface area (TPSA) is 186 Å². The van der Waals surface area contributed by atoms with Crippen molar-refractivity contribution in [3.8, 4) is 0 Å². The molecule has 0 aliphatic carbocycles. The first-order valence-corrected chi connectivity index (χ1v) is 19.2. The average Bonchev–Trinajstić information content (AvgIpc) is 3.06. The summed E-state index contributed by atoms with van der Waals surface area (Å²) >= 11 is 0. The fourth-order valence-corrected chi connectivity index (χ4v) is 8.68. The van der Waals surface area contributed by atoms with E-state index in [1.165, 1.54) is 6.92 Å². The fourth-order valence-electron chi connectivity index (χ4n) is 8.68. The molecule has 0 saturated carbocycles. The van der Waals surface area contributed by atoms with Gasteiger partial charge in [0.2, 0.25) is 0 Å². The van der Waals surface area contributed by atoms with Crippen LogP contribution >= 0.6 is 0 Å². The van der Waals surface area contributed by atoms with Crippen LogP contribution in [0.1, 0.15) is 94.9 Å². The number of nitrogens with zero attached hydrogens (tertiary/aromatic N) is 2. The number of carbonyl (C=O) groups is 1. The normalized spacial score (nSPS) is 49.6. The van der Waals surface area contributed by atoms with Crippen molar-refractivity contribution in [3.05, 3.63) is 0 Å². The van der Waals surface area contributed by atoms with Crippen LogP contribution in [0.4, 0.5) is 0 Å². The predicted molar refractivity (Wildman–Crippen MR) is 196 cm³/mol. The number of esters is 1. The van der Waals surface area contributed by atoms with Crippen molar-refractivity contribution >= 4 is 5.97 Å². The number of hydrogen-bond donors (Lipinski definition) is 5. The van der Waals surface area contributed by atoms with Crippen molar-refractivity contribution in [1.29, 1.82) is 0 Å². The Labute approximate surface area is 312 Å². The molecule has 0 aromatic rings. The standard InChI is InChI=1S/C38H73N3O11/c1-15-27-38(10,46)32(43)20(2)19-41(13)21(3)17-36(8,45)33(52-35-29(42)26(40(11)12)16-22(4)48-35)23(5)30(24(6)34(44)50-27)51-28-18-37(9,47-14)31(39)25(7)49-28/h20-33,35,42-43,45-46H,15-19,39H2,1-14H3/t20-,21+,22+,23-,24+,25-,26?,27+,28?,29?,30?,31?,32?,33?,35?,36+,37+,38+/m0/s1. The Morgan fingerprint density at radius 2 is 1.62 bits per heavy atom. The number of likely N-dealkylation sites (N-methyl/N-ethyl adjacent to an activating group) is 1. The summed E-state index contributed by atoms with van der Waals surface area (Å²) in [6.07, 6.45) is -6.65. The van der Waals surface area contributed by atoms with Gasteiger partial charge >= 0.3 is 5.97 Å². The minimum Gasteiger partial charge on any atom is -0.459 e. The van der Waals surface area contributed by atoms with Gasteiger partial charge in [-0.25, -0.2) is 0 Å². The molecule has 6 N–H and O–H groups in total. The van der Waals surface area contributed by atoms with Gasteiger partial charge in [0.1, 0.15) is 17.8 Å². The molecule has 3 aliphatic rings. The molecule has 18 atom stereocenters. The third kappa shape index (κ3) is 10.0. The third-order valence-electron chi connectivity index (χ3n) is 12.4. The monoisotopic (exact) mass is 748 g/mol. The van der Waals surface area contributed by atoms with Gasteiger partial charge in [0.25, 0.3) is 0 Å². The molecule has 14 nitrogen and oxygen atoms in total. The van der Waals surface area contributed by atoms with Crippen molar-refractivity contribution in [2.45, 2.75) is 185 Å². The van der Waals surface area contributed by atoms with Gasteiger partial charge in [0.05, 0.1) is 53.7 Å². The molecule has 0 radical (unpaired) electrons. The van der Waals surface area contributed by atoms with Crippen molar-refractivity contribution in [1.82, 2.24) is 9.80 Å². The molecule has 14 heteroatoms. The second-order valence-electron chi connectivity index (χ2n) is 17.2. The van der Waals surface area contributed by atoms with Gasteiger partial charge in [-0.05, 0) is 94.8 Å². The molecule has 0 aromatic heterocycles.